The molecule has 4 aliphatic heterocycles. The quantitative estimate of drug-likeness (QED) is 0.0959. The molecule has 0 unspecified atom stereocenters. The fourth-order valence-corrected chi connectivity index (χ4v) is 8.43. The van der Waals surface area contributed by atoms with Crippen LogP contribution in [0.4, 0.5) is 0 Å². The molecule has 8 heterocycles. The third-order valence-electron chi connectivity index (χ3n) is 11.5. The van der Waals surface area contributed by atoms with E-state index in [4.69, 9.17) is 14.7 Å². The number of H-pyrrole nitrogens is 1. The summed E-state index contributed by atoms with van der Waals surface area (Å²) >= 11 is 0. The number of aromatic amines is 1. The zero-order valence-corrected chi connectivity index (χ0v) is 34.6. The van der Waals surface area contributed by atoms with Crippen molar-refractivity contribution < 1.29 is 19.1 Å². The van der Waals surface area contributed by atoms with Crippen molar-refractivity contribution in [2.45, 2.75) is 19.3 Å². The van der Waals surface area contributed by atoms with Crippen molar-refractivity contribution in [1.29, 1.82) is 0 Å². The number of benzene rings is 1. The number of hydrogen-bond donors (Lipinski definition) is 2. The second-order valence-electron chi connectivity index (χ2n) is 15.5. The van der Waals surface area contributed by atoms with Crippen molar-refractivity contribution in [1.82, 2.24) is 30.2 Å². The van der Waals surface area contributed by atoms with Gasteiger partial charge in [-0.3, -0.25) is 34.2 Å². The molecule has 64 heavy (non-hydrogen) atoms. The number of hydrogen-bond acceptors (Lipinski definition) is 9. The molecule has 0 radical (unpaired) electrons. The third-order valence-corrected chi connectivity index (χ3v) is 11.5. The van der Waals surface area contributed by atoms with Crippen molar-refractivity contribution >= 4 is 51.4 Å². The second-order valence-corrected chi connectivity index (χ2v) is 15.5. The molecular weight excluding hydrogens is 801 g/mol. The maximum absolute atomic E-state index is 12.4. The number of amides is 3. The van der Waals surface area contributed by atoms with Gasteiger partial charge in [-0.15, -0.1) is 0 Å². The molecule has 1 aromatic carbocycles. The molecule has 0 spiro atoms. The van der Waals surface area contributed by atoms with Gasteiger partial charge < -0.3 is 15.0 Å². The number of pyridine rings is 3. The highest BCUT2D eigenvalue weighted by atomic mass is 16.5. The van der Waals surface area contributed by atoms with Crippen LogP contribution in [0.5, 0.6) is 5.75 Å². The van der Waals surface area contributed by atoms with Crippen LogP contribution in [0, 0.1) is 0 Å². The van der Waals surface area contributed by atoms with E-state index in [1.165, 1.54) is 12.2 Å². The normalized spacial score (nSPS) is 16.5. The first-order valence-electron chi connectivity index (χ1n) is 21.1. The Kier molecular flexibility index (Phi) is 10.9. The van der Waals surface area contributed by atoms with E-state index in [1.807, 2.05) is 60.9 Å². The number of imide groups is 1. The largest absolute Gasteiger partial charge is 0.494 e. The SMILES string of the molecule is O=C(CCN1C(=O)C=CC1=O)NCCCOc1ccc(C2=C3C=CC(=C(c4ccncc4)C4=NC(=C(c5ccncc5)c5ccc([nH]5)C(c5ccncc5)=C5C=CC2=N5)C=C4)C3)cc1. The average Bonchev–Trinajstić information content (AvgIpc) is 4.20. The fourth-order valence-electron chi connectivity index (χ4n) is 8.43. The lowest BCUT2D eigenvalue weighted by Crippen LogP contribution is -2.35. The maximum Gasteiger partial charge on any atom is 0.253 e. The van der Waals surface area contributed by atoms with E-state index in [2.05, 4.69) is 86.0 Å². The van der Waals surface area contributed by atoms with Crippen molar-refractivity contribution in [2.75, 3.05) is 19.7 Å². The van der Waals surface area contributed by atoms with E-state index in [1.54, 1.807) is 24.8 Å². The minimum atomic E-state index is -0.396. The number of rotatable bonds is 12. The predicted molar refractivity (Wildman–Crippen MR) is 246 cm³/mol. The van der Waals surface area contributed by atoms with E-state index < -0.39 is 11.8 Å². The van der Waals surface area contributed by atoms with E-state index in [0.29, 0.717) is 31.7 Å². The van der Waals surface area contributed by atoms with Gasteiger partial charge in [0.2, 0.25) is 5.91 Å². The van der Waals surface area contributed by atoms with Gasteiger partial charge in [0.1, 0.15) is 5.75 Å². The number of allylic oxidation sites excluding steroid dienone is 10. The van der Waals surface area contributed by atoms with Gasteiger partial charge in [0.15, 0.2) is 0 Å². The fraction of sp³-hybridized carbons (Fsp3) is 0.115. The number of nitrogens with one attached hydrogen (secondary N) is 2. The van der Waals surface area contributed by atoms with Gasteiger partial charge in [-0.05, 0) is 131 Å². The van der Waals surface area contributed by atoms with Gasteiger partial charge in [-0.25, -0.2) is 9.98 Å². The Balaban J connectivity index is 0.998. The summed E-state index contributed by atoms with van der Waals surface area (Å²) < 4.78 is 6.10. The molecule has 4 aromatic heterocycles. The monoisotopic (exact) mass is 840 g/mol. The Morgan fingerprint density at radius 3 is 1.58 bits per heavy atom. The maximum atomic E-state index is 12.4. The highest BCUT2D eigenvalue weighted by molar-refractivity contribution is 6.34. The van der Waals surface area contributed by atoms with Crippen LogP contribution < -0.4 is 10.1 Å². The highest BCUT2D eigenvalue weighted by Crippen LogP contribution is 2.41. The molecule has 0 saturated carbocycles. The van der Waals surface area contributed by atoms with E-state index in [-0.39, 0.29) is 18.9 Å². The van der Waals surface area contributed by atoms with Gasteiger partial charge >= 0.3 is 0 Å². The molecule has 312 valence electrons. The van der Waals surface area contributed by atoms with E-state index in [0.717, 1.165) is 94.8 Å². The summed E-state index contributed by atoms with van der Waals surface area (Å²) in [6.07, 6.45) is 27.3. The molecule has 12 nitrogen and oxygen atoms in total. The van der Waals surface area contributed by atoms with Gasteiger partial charge in [-0.2, -0.15) is 0 Å². The molecular formula is C52H40N8O4. The van der Waals surface area contributed by atoms with Gasteiger partial charge in [0.05, 0.1) is 29.4 Å². The van der Waals surface area contributed by atoms with Crippen LogP contribution in [0.3, 0.4) is 0 Å². The molecule has 0 fully saturated rings. The van der Waals surface area contributed by atoms with Crippen molar-refractivity contribution in [3.63, 3.8) is 0 Å². The first kappa shape index (κ1) is 39.7. The highest BCUT2D eigenvalue weighted by Gasteiger charge is 2.27. The summed E-state index contributed by atoms with van der Waals surface area (Å²) in [6, 6.07) is 24.3. The molecule has 3 amide bonds. The molecule has 0 saturated heterocycles. The lowest BCUT2D eigenvalue weighted by Gasteiger charge is -2.15. The molecule has 1 aliphatic carbocycles. The van der Waals surface area contributed by atoms with Gasteiger partial charge in [0.25, 0.3) is 11.8 Å². The zero-order chi connectivity index (χ0) is 43.4. The molecule has 5 aliphatic rings. The number of ether oxygens (including phenoxy) is 1. The number of carbonyl (C=O) groups excluding carboxylic acids is 3. The first-order chi connectivity index (χ1) is 31.5. The Labute approximate surface area is 369 Å². The summed E-state index contributed by atoms with van der Waals surface area (Å²) in [6.45, 7) is 0.835. The standard InChI is InChI=1S/C52H40N8O4/c61-46(22-30-60-47(62)14-15-48(60)63)56-23-1-31-64-39-6-4-33(5-7-39)49-37-2-3-38(32-37)50(34-16-24-53-25-17-34)41-9-11-43(58-41)52(36-20-28-55-29-21-36)45-13-12-44(59-45)51(35-18-26-54-27-19-35)42-10-8-40(49)57-42/h2-21,24-29,59H,1,22-23,30-32H2,(H,56,61). The molecule has 0 atom stereocenters. The Bertz CT molecular complexity index is 3000. The van der Waals surface area contributed by atoms with E-state index >= 15 is 0 Å². The summed E-state index contributed by atoms with van der Waals surface area (Å²) in [5.41, 5.74) is 15.3. The number of carbonyl (C=O) groups is 3. The summed E-state index contributed by atoms with van der Waals surface area (Å²) in [5, 5.41) is 2.84. The first-order valence-corrected chi connectivity index (χ1v) is 21.1. The van der Waals surface area contributed by atoms with Crippen molar-refractivity contribution in [3.8, 4) is 5.75 Å². The molecule has 2 N–H and O–H groups in total. The lowest BCUT2D eigenvalue weighted by atomic mass is 9.91. The predicted octanol–water partition coefficient (Wildman–Crippen LogP) is 7.82. The van der Waals surface area contributed by atoms with Crippen LogP contribution in [-0.2, 0) is 14.4 Å². The lowest BCUT2D eigenvalue weighted by molar-refractivity contribution is -0.137. The smallest absolute Gasteiger partial charge is 0.253 e. The van der Waals surface area contributed by atoms with Crippen LogP contribution in [0.15, 0.2) is 191 Å². The zero-order valence-electron chi connectivity index (χ0n) is 34.6. The molecule has 8 bridgehead atoms. The molecule has 12 heteroatoms. The van der Waals surface area contributed by atoms with E-state index in [9.17, 15) is 14.4 Å². The number of nitrogens with zero attached hydrogens (tertiary/aromatic N) is 6. The van der Waals surface area contributed by atoms with Crippen LogP contribution in [0.25, 0.3) is 22.3 Å². The molecule has 5 aromatic rings. The number of fused-ring (bicyclic) bond motifs is 6. The van der Waals surface area contributed by atoms with Crippen molar-refractivity contribution in [2.24, 2.45) is 9.98 Å². The third kappa shape index (κ3) is 8.07. The summed E-state index contributed by atoms with van der Waals surface area (Å²) in [4.78, 5) is 64.4. The average molecular weight is 841 g/mol. The Morgan fingerprint density at radius 2 is 1.06 bits per heavy atom. The van der Waals surface area contributed by atoms with Crippen LogP contribution in [-0.4, -0.2) is 73.7 Å². The van der Waals surface area contributed by atoms with Crippen molar-refractivity contribution in [3.05, 3.63) is 215 Å². The topological polar surface area (TPSA) is 155 Å². The summed E-state index contributed by atoms with van der Waals surface area (Å²) in [5.74, 6) is -0.326. The Hall–Kier alpha value is -8.38. The van der Waals surface area contributed by atoms with Crippen LogP contribution >= 0.6 is 0 Å². The minimum Gasteiger partial charge on any atom is -0.494 e. The van der Waals surface area contributed by atoms with Crippen LogP contribution in [0.1, 0.15) is 52.9 Å². The molecule has 10 rings (SSSR count). The summed E-state index contributed by atoms with van der Waals surface area (Å²) in [7, 11) is 0. The van der Waals surface area contributed by atoms with Gasteiger partial charge in [-0.1, -0.05) is 24.3 Å². The minimum absolute atomic E-state index is 0.0461. The second kappa shape index (κ2) is 17.5. The van der Waals surface area contributed by atoms with Gasteiger partial charge in [0, 0.05) is 103 Å². The number of aliphatic imine (C=N–C) groups is 2. The Morgan fingerprint density at radius 1 is 0.578 bits per heavy atom. The number of aromatic nitrogens is 4. The van der Waals surface area contributed by atoms with Crippen LogP contribution in [0.2, 0.25) is 0 Å².